The largest absolute Gasteiger partial charge is 0.402 e. The zero-order valence-electron chi connectivity index (χ0n) is 15.2. The molecule has 3 aromatic rings. The molecule has 0 aliphatic heterocycles. The van der Waals surface area contributed by atoms with Crippen molar-refractivity contribution in [2.45, 2.75) is 34.5 Å². The van der Waals surface area contributed by atoms with Gasteiger partial charge in [-0.2, -0.15) is 0 Å². The molecular formula is C22H19I3O2S. The maximum atomic E-state index is 12.8. The first-order valence-corrected chi connectivity index (χ1v) is 13.6. The zero-order valence-corrected chi connectivity index (χ0v) is 22.5. The molecule has 0 aliphatic rings. The number of benzene rings is 3. The van der Waals surface area contributed by atoms with E-state index >= 15 is 0 Å². The van der Waals surface area contributed by atoms with Crippen molar-refractivity contribution in [1.29, 1.82) is 0 Å². The van der Waals surface area contributed by atoms with Crippen molar-refractivity contribution in [3.05, 3.63) is 83.5 Å². The quantitative estimate of drug-likeness (QED) is 0.241. The third-order valence-corrected chi connectivity index (χ3v) is 9.51. The van der Waals surface area contributed by atoms with Crippen LogP contribution >= 0.6 is 78.1 Å². The fraction of sp³-hybridized carbons (Fsp3) is 0.136. The molecule has 3 rings (SSSR count). The topological polar surface area (TPSA) is 26.3 Å². The average molecular weight is 728 g/mol. The van der Waals surface area contributed by atoms with Crippen molar-refractivity contribution in [1.82, 2.24) is 0 Å². The van der Waals surface area contributed by atoms with Crippen LogP contribution in [-0.2, 0) is 8.98 Å². The smallest absolute Gasteiger partial charge is 0.317 e. The summed E-state index contributed by atoms with van der Waals surface area (Å²) in [5.41, 5.74) is 0. The van der Waals surface area contributed by atoms with Crippen molar-refractivity contribution in [2.24, 2.45) is 0 Å². The number of halogens is 3. The number of hydrogen-bond acceptors (Lipinski definition) is 2. The highest BCUT2D eigenvalue weighted by Gasteiger charge is 2.35. The predicted molar refractivity (Wildman–Crippen MR) is 141 cm³/mol. The van der Waals surface area contributed by atoms with E-state index < -0.39 is 10.3 Å². The lowest BCUT2D eigenvalue weighted by Crippen LogP contribution is -2.13. The fourth-order valence-electron chi connectivity index (χ4n) is 2.82. The first-order chi connectivity index (χ1) is 13.5. The maximum Gasteiger partial charge on any atom is 0.317 e. The Bertz CT molecular complexity index is 828. The molecular weight excluding hydrogens is 709 g/mol. The summed E-state index contributed by atoms with van der Waals surface area (Å²) in [6, 6.07) is 25.0. The van der Waals surface area contributed by atoms with Crippen molar-refractivity contribution in [2.75, 3.05) is 0 Å². The zero-order chi connectivity index (χ0) is 20.1. The average Bonchev–Trinajstić information content (AvgIpc) is 2.68. The van der Waals surface area contributed by atoms with Crippen molar-refractivity contribution >= 4 is 84.1 Å². The summed E-state index contributed by atoms with van der Waals surface area (Å²) < 4.78 is 9.85. The summed E-state index contributed by atoms with van der Waals surface area (Å²) in [5, 5.41) is 0. The SMILES string of the molecule is CCCC(=O)OS(c1ccc(I)cc1)(c1ccc(I)cc1)c1ccc(I)cc1. The Morgan fingerprint density at radius 1 is 0.714 bits per heavy atom. The van der Waals surface area contributed by atoms with Crippen LogP contribution in [0.25, 0.3) is 0 Å². The van der Waals surface area contributed by atoms with Gasteiger partial charge in [0.05, 0.1) is 0 Å². The van der Waals surface area contributed by atoms with Gasteiger partial charge in [-0.25, -0.2) is 0 Å². The lowest BCUT2D eigenvalue weighted by atomic mass is 10.3. The van der Waals surface area contributed by atoms with E-state index in [2.05, 4.69) is 141 Å². The Labute approximate surface area is 208 Å². The molecule has 2 nitrogen and oxygen atoms in total. The Balaban J connectivity index is 2.29. The summed E-state index contributed by atoms with van der Waals surface area (Å²) in [6.07, 6.45) is 1.17. The summed E-state index contributed by atoms with van der Waals surface area (Å²) in [7, 11) is -2.16. The third-order valence-electron chi connectivity index (χ3n) is 4.11. The fourth-order valence-corrected chi connectivity index (χ4v) is 6.92. The summed E-state index contributed by atoms with van der Waals surface area (Å²) >= 11 is 6.90. The van der Waals surface area contributed by atoms with Gasteiger partial charge in [-0.1, -0.05) is 6.92 Å². The first-order valence-electron chi connectivity index (χ1n) is 8.78. The molecule has 3 aromatic carbocycles. The van der Waals surface area contributed by atoms with Crippen LogP contribution in [0.2, 0.25) is 0 Å². The molecule has 0 heterocycles. The Morgan fingerprint density at radius 3 is 1.32 bits per heavy atom. The minimum Gasteiger partial charge on any atom is -0.402 e. The van der Waals surface area contributed by atoms with Crippen LogP contribution in [0.15, 0.2) is 87.5 Å². The van der Waals surface area contributed by atoms with Gasteiger partial charge in [0.25, 0.3) is 0 Å². The lowest BCUT2D eigenvalue weighted by Gasteiger charge is -2.40. The third kappa shape index (κ3) is 5.04. The van der Waals surface area contributed by atoms with Gasteiger partial charge in [-0.05, 0) is 157 Å². The van der Waals surface area contributed by atoms with Gasteiger partial charge in [0.15, 0.2) is 0 Å². The van der Waals surface area contributed by atoms with Gasteiger partial charge in [-0.3, -0.25) is 4.79 Å². The van der Waals surface area contributed by atoms with E-state index in [1.807, 2.05) is 6.92 Å². The van der Waals surface area contributed by atoms with Gasteiger partial charge >= 0.3 is 5.97 Å². The van der Waals surface area contributed by atoms with Gasteiger partial charge < -0.3 is 4.18 Å². The van der Waals surface area contributed by atoms with Gasteiger partial charge in [0.2, 0.25) is 0 Å². The van der Waals surface area contributed by atoms with E-state index in [1.165, 1.54) is 0 Å². The molecule has 0 aliphatic carbocycles. The van der Waals surface area contributed by atoms with Gasteiger partial charge in [0.1, 0.15) is 0 Å². The summed E-state index contributed by atoms with van der Waals surface area (Å²) in [4.78, 5) is 15.9. The van der Waals surface area contributed by atoms with Crippen LogP contribution in [0, 0.1) is 10.7 Å². The molecule has 0 spiro atoms. The minimum absolute atomic E-state index is 0.159. The Kier molecular flexibility index (Phi) is 8.08. The van der Waals surface area contributed by atoms with E-state index in [1.54, 1.807) is 0 Å². The molecule has 0 saturated carbocycles. The molecule has 0 radical (unpaired) electrons. The molecule has 0 fully saturated rings. The number of carbonyl (C=O) groups excluding carboxylic acids is 1. The summed E-state index contributed by atoms with van der Waals surface area (Å²) in [6.45, 7) is 2.00. The maximum absolute atomic E-state index is 12.8. The standard InChI is InChI=1S/C22H19I3O2S/c1-2-3-22(26)27-28(19-10-4-16(23)5-11-19,20-12-6-17(24)7-13-20)21-14-8-18(25)9-15-21/h4-15H,2-3H2,1H3. The van der Waals surface area contributed by atoms with Crippen molar-refractivity contribution < 1.29 is 8.98 Å². The summed E-state index contributed by atoms with van der Waals surface area (Å²) in [5.74, 6) is -0.159. The van der Waals surface area contributed by atoms with Crippen LogP contribution in [-0.4, -0.2) is 5.97 Å². The highest BCUT2D eigenvalue weighted by Crippen LogP contribution is 2.69. The van der Waals surface area contributed by atoms with E-state index in [0.717, 1.165) is 31.8 Å². The van der Waals surface area contributed by atoms with Crippen LogP contribution in [0.3, 0.4) is 0 Å². The van der Waals surface area contributed by atoms with Gasteiger partial charge in [-0.15, -0.1) is 0 Å². The van der Waals surface area contributed by atoms with E-state index in [9.17, 15) is 4.79 Å². The van der Waals surface area contributed by atoms with E-state index in [0.29, 0.717) is 6.42 Å². The number of rotatable bonds is 6. The van der Waals surface area contributed by atoms with Crippen LogP contribution in [0.1, 0.15) is 19.8 Å². The highest BCUT2D eigenvalue weighted by atomic mass is 127. The monoisotopic (exact) mass is 728 g/mol. The van der Waals surface area contributed by atoms with Gasteiger partial charge in [0, 0.05) is 31.8 Å². The van der Waals surface area contributed by atoms with Crippen molar-refractivity contribution in [3.8, 4) is 0 Å². The van der Waals surface area contributed by atoms with Crippen LogP contribution < -0.4 is 0 Å². The normalized spacial score (nSPS) is 11.9. The molecule has 0 bridgehead atoms. The molecule has 0 unspecified atom stereocenters. The molecule has 0 atom stereocenters. The van der Waals surface area contributed by atoms with E-state index in [4.69, 9.17) is 4.18 Å². The Hall–Kier alpha value is -0.330. The predicted octanol–water partition coefficient (Wildman–Crippen LogP) is 8.04. The molecule has 0 N–H and O–H groups in total. The molecule has 0 saturated heterocycles. The van der Waals surface area contributed by atoms with Crippen molar-refractivity contribution in [3.63, 3.8) is 0 Å². The molecule has 6 heteroatoms. The molecule has 146 valence electrons. The minimum atomic E-state index is -2.16. The number of carbonyl (C=O) groups is 1. The Morgan fingerprint density at radius 2 is 1.04 bits per heavy atom. The number of hydrogen-bond donors (Lipinski definition) is 0. The highest BCUT2D eigenvalue weighted by molar-refractivity contribution is 14.1. The molecule has 0 aromatic heterocycles. The second-order valence-corrected chi connectivity index (χ2v) is 12.6. The lowest BCUT2D eigenvalue weighted by molar-refractivity contribution is -0.133. The first kappa shape index (κ1) is 22.4. The van der Waals surface area contributed by atoms with E-state index in [-0.39, 0.29) is 5.97 Å². The van der Waals surface area contributed by atoms with Crippen LogP contribution in [0.4, 0.5) is 0 Å². The molecule has 28 heavy (non-hydrogen) atoms. The van der Waals surface area contributed by atoms with Crippen LogP contribution in [0.5, 0.6) is 0 Å². The second-order valence-electron chi connectivity index (χ2n) is 6.12. The second kappa shape index (κ2) is 10.1. The molecule has 0 amide bonds.